The van der Waals surface area contributed by atoms with Crippen LogP contribution in [0.25, 0.3) is 0 Å². The largest absolute Gasteiger partial charge is 0.573 e. The second-order valence-corrected chi connectivity index (χ2v) is 3.64. The molecular formula is C9H12BN2O3-. The van der Waals surface area contributed by atoms with Crippen molar-refractivity contribution in [2.45, 2.75) is 6.10 Å². The smallest absolute Gasteiger partial charge is 0.356 e. The Morgan fingerprint density at radius 2 is 2.20 bits per heavy atom. The summed E-state index contributed by atoms with van der Waals surface area (Å²) >= 11 is 0. The van der Waals surface area contributed by atoms with Crippen LogP contribution in [0.3, 0.4) is 0 Å². The molecule has 6 heteroatoms. The van der Waals surface area contributed by atoms with Gasteiger partial charge < -0.3 is 25.9 Å². The van der Waals surface area contributed by atoms with Crippen molar-refractivity contribution in [2.75, 3.05) is 6.54 Å². The van der Waals surface area contributed by atoms with Crippen LogP contribution in [0.5, 0.6) is 0 Å². The van der Waals surface area contributed by atoms with Gasteiger partial charge in [-0.3, -0.25) is 0 Å². The highest BCUT2D eigenvalue weighted by molar-refractivity contribution is 7.05. The molecule has 0 aromatic heterocycles. The van der Waals surface area contributed by atoms with Gasteiger partial charge in [0.15, 0.2) is 0 Å². The maximum absolute atomic E-state index is 11.2. The predicted molar refractivity (Wildman–Crippen MR) is 56.5 cm³/mol. The zero-order valence-electron chi connectivity index (χ0n) is 8.09. The molecule has 0 saturated heterocycles. The van der Waals surface area contributed by atoms with E-state index < -0.39 is 18.5 Å². The first-order chi connectivity index (χ1) is 7.09. The molecular weight excluding hydrogens is 195 g/mol. The first-order valence-corrected chi connectivity index (χ1v) is 4.73. The van der Waals surface area contributed by atoms with Crippen molar-refractivity contribution in [3.05, 3.63) is 29.8 Å². The molecule has 1 aliphatic rings. The summed E-state index contributed by atoms with van der Waals surface area (Å²) in [6, 6.07) is 6.93. The van der Waals surface area contributed by atoms with E-state index in [0.29, 0.717) is 5.46 Å². The molecule has 5 N–H and O–H groups in total. The van der Waals surface area contributed by atoms with Gasteiger partial charge in [-0.25, -0.2) is 0 Å². The molecule has 1 aromatic carbocycles. The normalized spacial score (nSPS) is 28.8. The van der Waals surface area contributed by atoms with E-state index in [1.807, 2.05) is 0 Å². The summed E-state index contributed by atoms with van der Waals surface area (Å²) in [6.07, 6.45) is -0.460. The lowest BCUT2D eigenvalue weighted by atomic mass is 9.52. The van der Waals surface area contributed by atoms with Crippen LogP contribution < -0.4 is 16.9 Å². The average molecular weight is 207 g/mol. The van der Waals surface area contributed by atoms with Crippen LogP contribution in [-0.2, 0) is 4.65 Å². The number of carbonyl (C=O) groups excluding carboxylic acids is 1. The fourth-order valence-corrected chi connectivity index (χ4v) is 1.95. The quantitative estimate of drug-likeness (QED) is 0.542. The molecule has 2 rings (SSSR count). The minimum absolute atomic E-state index is 0.203. The molecule has 0 radical (unpaired) electrons. The van der Waals surface area contributed by atoms with Gasteiger partial charge in [-0.05, 0) is 0 Å². The summed E-state index contributed by atoms with van der Waals surface area (Å²) in [4.78, 5) is 11.2. The fourth-order valence-electron chi connectivity index (χ4n) is 1.95. The second kappa shape index (κ2) is 3.34. The number of benzene rings is 1. The van der Waals surface area contributed by atoms with Crippen molar-refractivity contribution < 1.29 is 14.5 Å². The summed E-state index contributed by atoms with van der Waals surface area (Å²) in [6.45, 7) is -2.54. The summed E-state index contributed by atoms with van der Waals surface area (Å²) in [7, 11) is 0. The first-order valence-electron chi connectivity index (χ1n) is 4.73. The fraction of sp³-hybridized carbons (Fsp3) is 0.222. The van der Waals surface area contributed by atoms with Gasteiger partial charge in [-0.1, -0.05) is 29.8 Å². The van der Waals surface area contributed by atoms with Crippen LogP contribution in [0.1, 0.15) is 11.7 Å². The number of hydrogen-bond acceptors (Lipinski definition) is 4. The monoisotopic (exact) mass is 207 g/mol. The predicted octanol–water partition coefficient (Wildman–Crippen LogP) is -0.981. The minimum atomic E-state index is -2.75. The van der Waals surface area contributed by atoms with Crippen molar-refractivity contribution in [2.24, 2.45) is 11.5 Å². The van der Waals surface area contributed by atoms with Crippen LogP contribution >= 0.6 is 0 Å². The third kappa shape index (κ3) is 1.34. The highest BCUT2D eigenvalue weighted by atomic mass is 16.6. The van der Waals surface area contributed by atoms with Crippen molar-refractivity contribution in [3.8, 4) is 0 Å². The molecule has 2 unspecified atom stereocenters. The first kappa shape index (κ1) is 10.2. The van der Waals surface area contributed by atoms with E-state index >= 15 is 0 Å². The topological polar surface area (TPSA) is 98.6 Å². The van der Waals surface area contributed by atoms with Gasteiger partial charge in [-0.2, -0.15) is 0 Å². The molecule has 80 valence electrons. The number of primary amides is 1. The van der Waals surface area contributed by atoms with Crippen LogP contribution in [0.4, 0.5) is 4.79 Å². The molecule has 0 saturated carbocycles. The van der Waals surface area contributed by atoms with E-state index in [2.05, 4.69) is 0 Å². The standard InChI is InChI=1S/C9H12BN2O3/c11-5-8-6-3-1-2-4-7(6)10(14,15-8)9(12)13/h1-4,8,14H,5,11H2,(H2,12,13)/q-1. The van der Waals surface area contributed by atoms with Crippen LogP contribution in [0.2, 0.25) is 0 Å². The average Bonchev–Trinajstić information content (AvgIpc) is 2.54. The summed E-state index contributed by atoms with van der Waals surface area (Å²) < 4.78 is 5.25. The van der Waals surface area contributed by atoms with Gasteiger partial charge in [0.25, 0.3) is 0 Å². The highest BCUT2D eigenvalue weighted by Gasteiger charge is 2.42. The van der Waals surface area contributed by atoms with Gasteiger partial charge >= 0.3 is 6.55 Å². The molecule has 1 amide bonds. The summed E-state index contributed by atoms with van der Waals surface area (Å²) in [5.74, 6) is -0.863. The summed E-state index contributed by atoms with van der Waals surface area (Å²) in [5, 5.41) is 10.0. The number of carbonyl (C=O) groups is 1. The van der Waals surface area contributed by atoms with Crippen molar-refractivity contribution >= 4 is 17.8 Å². The van der Waals surface area contributed by atoms with Crippen molar-refractivity contribution in [3.63, 3.8) is 0 Å². The van der Waals surface area contributed by atoms with E-state index in [1.165, 1.54) is 0 Å². The van der Waals surface area contributed by atoms with Gasteiger partial charge in [0.1, 0.15) is 5.81 Å². The number of fused-ring (bicyclic) bond motifs is 1. The zero-order chi connectivity index (χ0) is 11.1. The lowest BCUT2D eigenvalue weighted by Gasteiger charge is -2.28. The lowest BCUT2D eigenvalue weighted by molar-refractivity contribution is 0.176. The lowest BCUT2D eigenvalue weighted by Crippen LogP contribution is -2.58. The van der Waals surface area contributed by atoms with E-state index in [1.54, 1.807) is 24.3 Å². The second-order valence-electron chi connectivity index (χ2n) is 3.64. The highest BCUT2D eigenvalue weighted by Crippen LogP contribution is 2.27. The maximum atomic E-state index is 11.2. The minimum Gasteiger partial charge on any atom is -0.573 e. The number of amides is 1. The van der Waals surface area contributed by atoms with Crippen molar-refractivity contribution in [1.82, 2.24) is 0 Å². The molecule has 0 spiro atoms. The Morgan fingerprint density at radius 3 is 2.80 bits per heavy atom. The molecule has 0 aliphatic carbocycles. The Bertz CT molecular complexity index is 412. The molecule has 2 atom stereocenters. The number of hydrogen-bond donors (Lipinski definition) is 3. The van der Waals surface area contributed by atoms with Gasteiger partial charge in [0.2, 0.25) is 0 Å². The zero-order valence-corrected chi connectivity index (χ0v) is 8.09. The van der Waals surface area contributed by atoms with Gasteiger partial charge in [0.05, 0.1) is 0 Å². The third-order valence-electron chi connectivity index (χ3n) is 2.73. The maximum Gasteiger partial charge on any atom is 0.356 e. The van der Waals surface area contributed by atoms with E-state index in [9.17, 15) is 9.82 Å². The molecule has 0 bridgehead atoms. The summed E-state index contributed by atoms with van der Waals surface area (Å²) in [5.41, 5.74) is 11.8. The molecule has 5 nitrogen and oxygen atoms in total. The Hall–Kier alpha value is -1.37. The Balaban J connectivity index is 2.55. The SMILES string of the molecule is NCC1O[B-](O)(C(N)=O)c2ccccc21. The van der Waals surface area contributed by atoms with E-state index in [0.717, 1.165) is 5.56 Å². The molecule has 1 aromatic rings. The van der Waals surface area contributed by atoms with Crippen LogP contribution in [0.15, 0.2) is 24.3 Å². The number of nitrogens with two attached hydrogens (primary N) is 2. The molecule has 15 heavy (non-hydrogen) atoms. The van der Waals surface area contributed by atoms with E-state index in [-0.39, 0.29) is 6.54 Å². The Labute approximate surface area is 87.0 Å². The third-order valence-corrected chi connectivity index (χ3v) is 2.73. The van der Waals surface area contributed by atoms with Gasteiger partial charge in [-0.15, -0.1) is 5.46 Å². The molecule has 1 aliphatic heterocycles. The number of rotatable bonds is 2. The van der Waals surface area contributed by atoms with Crippen LogP contribution in [-0.4, -0.2) is 23.9 Å². The van der Waals surface area contributed by atoms with Crippen LogP contribution in [0, 0.1) is 0 Å². The molecule has 1 heterocycles. The Kier molecular flexibility index (Phi) is 2.26. The Morgan fingerprint density at radius 1 is 1.53 bits per heavy atom. The van der Waals surface area contributed by atoms with E-state index in [4.69, 9.17) is 16.1 Å². The van der Waals surface area contributed by atoms with Gasteiger partial charge in [0, 0.05) is 12.6 Å². The molecule has 0 fully saturated rings. The van der Waals surface area contributed by atoms with Crippen molar-refractivity contribution in [1.29, 1.82) is 0 Å².